The predicted octanol–water partition coefficient (Wildman–Crippen LogP) is 2.96. The Morgan fingerprint density at radius 1 is 1.31 bits per heavy atom. The first-order valence-electron chi connectivity index (χ1n) is 9.37. The third kappa shape index (κ3) is 5.57. The molecule has 0 amide bonds. The molecule has 0 saturated carbocycles. The Hall–Kier alpha value is -1.35. The van der Waals surface area contributed by atoms with E-state index in [1.807, 2.05) is 24.4 Å². The molecule has 0 aliphatic carbocycles. The van der Waals surface area contributed by atoms with Gasteiger partial charge in [0.05, 0.1) is 11.8 Å². The van der Waals surface area contributed by atoms with Crippen molar-refractivity contribution in [2.75, 3.05) is 32.8 Å². The molecule has 0 atom stereocenters. The number of halogens is 1. The van der Waals surface area contributed by atoms with Crippen molar-refractivity contribution in [3.05, 3.63) is 36.3 Å². The summed E-state index contributed by atoms with van der Waals surface area (Å²) in [6.45, 7) is 8.63. The van der Waals surface area contributed by atoms with Crippen LogP contribution in [0.2, 0.25) is 0 Å². The van der Waals surface area contributed by atoms with Gasteiger partial charge in [-0.3, -0.25) is 4.99 Å². The second-order valence-electron chi connectivity index (χ2n) is 6.33. The van der Waals surface area contributed by atoms with Gasteiger partial charge in [-0.1, -0.05) is 6.07 Å². The van der Waals surface area contributed by atoms with Gasteiger partial charge in [-0.25, -0.2) is 4.98 Å². The fourth-order valence-electron chi connectivity index (χ4n) is 3.28. The average Bonchev–Trinajstić information content (AvgIpc) is 3.05. The fourth-order valence-corrected chi connectivity index (χ4v) is 3.28. The zero-order valence-electron chi connectivity index (χ0n) is 15.7. The summed E-state index contributed by atoms with van der Waals surface area (Å²) >= 11 is 0. The van der Waals surface area contributed by atoms with E-state index < -0.39 is 0 Å². The number of likely N-dealkylation sites (tertiary alicyclic amines) is 1. The molecule has 1 N–H and O–H groups in total. The Bertz CT molecular complexity index is 661. The molecule has 1 aliphatic heterocycles. The molecular formula is C19H30IN5O. The maximum absolute atomic E-state index is 5.74. The molecule has 26 heavy (non-hydrogen) atoms. The fraction of sp³-hybridized carbons (Fsp3) is 0.579. The van der Waals surface area contributed by atoms with Crippen LogP contribution in [0.15, 0.2) is 35.6 Å². The lowest BCUT2D eigenvalue weighted by Gasteiger charge is -2.34. The number of imidazole rings is 1. The van der Waals surface area contributed by atoms with Crippen LogP contribution in [-0.4, -0.2) is 59.1 Å². The molecular weight excluding hydrogens is 441 g/mol. The summed E-state index contributed by atoms with van der Waals surface area (Å²) in [6, 6.07) is 6.06. The van der Waals surface area contributed by atoms with Gasteiger partial charge >= 0.3 is 0 Å². The molecule has 0 aromatic carbocycles. The summed E-state index contributed by atoms with van der Waals surface area (Å²) in [5.41, 5.74) is 2.08. The van der Waals surface area contributed by atoms with Crippen molar-refractivity contribution in [2.24, 2.45) is 4.99 Å². The predicted molar refractivity (Wildman–Crippen MR) is 117 cm³/mol. The second kappa shape index (κ2) is 10.7. The van der Waals surface area contributed by atoms with Crippen LogP contribution in [0.4, 0.5) is 0 Å². The van der Waals surface area contributed by atoms with Gasteiger partial charge in [0.2, 0.25) is 0 Å². The van der Waals surface area contributed by atoms with E-state index in [0.717, 1.165) is 69.3 Å². The van der Waals surface area contributed by atoms with Gasteiger partial charge in [0.1, 0.15) is 5.65 Å². The number of fused-ring (bicyclic) bond motifs is 1. The number of nitrogens with one attached hydrogen (secondary N) is 1. The number of hydrogen-bond donors (Lipinski definition) is 1. The first-order chi connectivity index (χ1) is 12.3. The molecule has 1 saturated heterocycles. The van der Waals surface area contributed by atoms with Gasteiger partial charge in [-0.15, -0.1) is 24.0 Å². The Kier molecular flexibility index (Phi) is 8.64. The first kappa shape index (κ1) is 21.0. The van der Waals surface area contributed by atoms with Gasteiger partial charge < -0.3 is 19.4 Å². The average molecular weight is 471 g/mol. The Balaban J connectivity index is 0.00000243. The lowest BCUT2D eigenvalue weighted by molar-refractivity contribution is 0.0264. The van der Waals surface area contributed by atoms with Crippen molar-refractivity contribution in [1.29, 1.82) is 0 Å². The highest BCUT2D eigenvalue weighted by molar-refractivity contribution is 14.0. The molecule has 3 rings (SSSR count). The van der Waals surface area contributed by atoms with E-state index in [1.54, 1.807) is 0 Å². The molecule has 0 unspecified atom stereocenters. The molecule has 1 fully saturated rings. The third-order valence-electron chi connectivity index (χ3n) is 4.52. The monoisotopic (exact) mass is 471 g/mol. The van der Waals surface area contributed by atoms with E-state index in [9.17, 15) is 0 Å². The minimum Gasteiger partial charge on any atom is -0.378 e. The molecule has 0 bridgehead atoms. The van der Waals surface area contributed by atoms with Crippen LogP contribution in [0, 0.1) is 0 Å². The van der Waals surface area contributed by atoms with Gasteiger partial charge in [0.25, 0.3) is 0 Å². The zero-order valence-corrected chi connectivity index (χ0v) is 18.1. The van der Waals surface area contributed by atoms with Crippen molar-refractivity contribution >= 4 is 35.6 Å². The van der Waals surface area contributed by atoms with Crippen molar-refractivity contribution in [1.82, 2.24) is 19.6 Å². The van der Waals surface area contributed by atoms with Gasteiger partial charge in [0.15, 0.2) is 5.96 Å². The van der Waals surface area contributed by atoms with Crippen molar-refractivity contribution in [3.63, 3.8) is 0 Å². The number of pyridine rings is 1. The third-order valence-corrected chi connectivity index (χ3v) is 4.52. The standard InChI is InChI=1S/C19H29N5O.HI/c1-3-20-19(23-13-9-17(10-14-23)25-4-2)21-11-8-16-15-24-12-6-5-7-18(24)22-16;/h5-7,12,15,17H,3-4,8-11,13-14H2,1-2H3,(H,20,21);1H. The van der Waals surface area contributed by atoms with Crippen LogP contribution >= 0.6 is 24.0 Å². The number of rotatable bonds is 6. The van der Waals surface area contributed by atoms with E-state index in [2.05, 4.69) is 39.6 Å². The Morgan fingerprint density at radius 2 is 2.12 bits per heavy atom. The highest BCUT2D eigenvalue weighted by Crippen LogP contribution is 2.14. The highest BCUT2D eigenvalue weighted by Gasteiger charge is 2.21. The van der Waals surface area contributed by atoms with Crippen LogP contribution < -0.4 is 5.32 Å². The maximum Gasteiger partial charge on any atom is 0.193 e. The summed E-state index contributed by atoms with van der Waals surface area (Å²) in [5.74, 6) is 1.02. The number of ether oxygens (including phenoxy) is 1. The number of guanidine groups is 1. The normalized spacial score (nSPS) is 15.9. The second-order valence-corrected chi connectivity index (χ2v) is 6.33. The summed E-state index contributed by atoms with van der Waals surface area (Å²) in [6.07, 6.45) is 7.52. The van der Waals surface area contributed by atoms with E-state index >= 15 is 0 Å². The minimum atomic E-state index is 0. The van der Waals surface area contributed by atoms with Gasteiger partial charge in [0, 0.05) is 51.6 Å². The van der Waals surface area contributed by atoms with Crippen LogP contribution in [0.5, 0.6) is 0 Å². The lowest BCUT2D eigenvalue weighted by Crippen LogP contribution is -2.47. The van der Waals surface area contributed by atoms with Crippen molar-refractivity contribution in [3.8, 4) is 0 Å². The number of nitrogens with zero attached hydrogens (tertiary/aromatic N) is 4. The largest absolute Gasteiger partial charge is 0.378 e. The van der Waals surface area contributed by atoms with E-state index in [0.29, 0.717) is 6.10 Å². The summed E-state index contributed by atoms with van der Waals surface area (Å²) < 4.78 is 7.80. The van der Waals surface area contributed by atoms with Crippen molar-refractivity contribution < 1.29 is 4.74 Å². The number of aromatic nitrogens is 2. The quantitative estimate of drug-likeness (QED) is 0.400. The Labute approximate surface area is 173 Å². The number of aliphatic imine (C=N–C) groups is 1. The topological polar surface area (TPSA) is 54.2 Å². The molecule has 7 heteroatoms. The smallest absolute Gasteiger partial charge is 0.193 e. The molecule has 144 valence electrons. The summed E-state index contributed by atoms with van der Waals surface area (Å²) in [5, 5.41) is 3.42. The molecule has 0 spiro atoms. The molecule has 6 nitrogen and oxygen atoms in total. The number of hydrogen-bond acceptors (Lipinski definition) is 3. The molecule has 0 radical (unpaired) electrons. The first-order valence-corrected chi connectivity index (χ1v) is 9.37. The Morgan fingerprint density at radius 3 is 2.81 bits per heavy atom. The lowest BCUT2D eigenvalue weighted by atomic mass is 10.1. The van der Waals surface area contributed by atoms with Crippen LogP contribution in [0.1, 0.15) is 32.4 Å². The van der Waals surface area contributed by atoms with Crippen LogP contribution in [0.25, 0.3) is 5.65 Å². The van der Waals surface area contributed by atoms with Crippen molar-refractivity contribution in [2.45, 2.75) is 39.2 Å². The van der Waals surface area contributed by atoms with E-state index in [-0.39, 0.29) is 24.0 Å². The molecule has 3 heterocycles. The maximum atomic E-state index is 5.74. The molecule has 1 aliphatic rings. The SMILES string of the molecule is CCNC(=NCCc1cn2ccccc2n1)N1CCC(OCC)CC1.I. The number of piperidine rings is 1. The van der Waals surface area contributed by atoms with Gasteiger partial charge in [-0.05, 0) is 38.8 Å². The highest BCUT2D eigenvalue weighted by atomic mass is 127. The van der Waals surface area contributed by atoms with Gasteiger partial charge in [-0.2, -0.15) is 0 Å². The van der Waals surface area contributed by atoms with Crippen LogP contribution in [0.3, 0.4) is 0 Å². The molecule has 2 aromatic rings. The van der Waals surface area contributed by atoms with E-state index in [1.165, 1.54) is 0 Å². The summed E-state index contributed by atoms with van der Waals surface area (Å²) in [7, 11) is 0. The molecule has 2 aromatic heterocycles. The zero-order chi connectivity index (χ0) is 17.5. The van der Waals surface area contributed by atoms with E-state index in [4.69, 9.17) is 9.73 Å². The summed E-state index contributed by atoms with van der Waals surface area (Å²) in [4.78, 5) is 11.8. The minimum absolute atomic E-state index is 0. The van der Waals surface area contributed by atoms with Crippen LogP contribution in [-0.2, 0) is 11.2 Å².